The second-order valence-electron chi connectivity index (χ2n) is 5.97. The van der Waals surface area contributed by atoms with E-state index >= 15 is 0 Å². The molecule has 0 N–H and O–H groups in total. The monoisotopic (exact) mass is 370 g/mol. The molecule has 2 aromatic rings. The summed E-state index contributed by atoms with van der Waals surface area (Å²) in [6.07, 6.45) is -3.47. The van der Waals surface area contributed by atoms with Crippen LogP contribution in [0.2, 0.25) is 0 Å². The largest absolute Gasteiger partial charge is 0.416 e. The van der Waals surface area contributed by atoms with E-state index in [1.54, 1.807) is 17.4 Å². The lowest BCUT2D eigenvalue weighted by Crippen LogP contribution is -2.29. The molecule has 1 atom stereocenters. The fourth-order valence-electron chi connectivity index (χ4n) is 2.86. The summed E-state index contributed by atoms with van der Waals surface area (Å²) in [7, 11) is 1.64. The molecule has 1 aromatic carbocycles. The number of amides is 1. The van der Waals surface area contributed by atoms with Crippen LogP contribution in [0.3, 0.4) is 0 Å². The summed E-state index contributed by atoms with van der Waals surface area (Å²) in [4.78, 5) is 18.6. The third-order valence-corrected chi connectivity index (χ3v) is 5.05. The molecule has 1 amide bonds. The summed E-state index contributed by atoms with van der Waals surface area (Å²) < 4.78 is 43.0. The second kappa shape index (κ2) is 7.13. The zero-order valence-corrected chi connectivity index (χ0v) is 14.4. The van der Waals surface area contributed by atoms with Crippen LogP contribution in [-0.4, -0.2) is 42.6 Å². The Kier molecular flexibility index (Phi) is 5.10. The molecule has 1 aliphatic heterocycles. The number of methoxy groups -OCH3 is 1. The Hall–Kier alpha value is -1.93. The van der Waals surface area contributed by atoms with Gasteiger partial charge in [0.05, 0.1) is 12.2 Å². The number of rotatable bonds is 4. The fraction of sp³-hybridized carbons (Fsp3) is 0.412. The summed E-state index contributed by atoms with van der Waals surface area (Å²) in [5.41, 5.74) is 0.194. The first kappa shape index (κ1) is 17.9. The smallest absolute Gasteiger partial charge is 0.384 e. The minimum Gasteiger partial charge on any atom is -0.384 e. The van der Waals surface area contributed by atoms with Gasteiger partial charge in [-0.3, -0.25) is 4.79 Å². The van der Waals surface area contributed by atoms with Gasteiger partial charge in [-0.05, 0) is 18.6 Å². The Balaban J connectivity index is 1.71. The Morgan fingerprint density at radius 2 is 2.08 bits per heavy atom. The van der Waals surface area contributed by atoms with Gasteiger partial charge < -0.3 is 9.64 Å². The molecule has 8 heteroatoms. The highest BCUT2D eigenvalue weighted by molar-refractivity contribution is 7.13. The maximum absolute atomic E-state index is 12.6. The highest BCUT2D eigenvalue weighted by Gasteiger charge is 2.30. The predicted molar refractivity (Wildman–Crippen MR) is 88.4 cm³/mol. The first-order chi connectivity index (χ1) is 11.9. The van der Waals surface area contributed by atoms with Gasteiger partial charge in [-0.15, -0.1) is 11.3 Å². The fourth-order valence-corrected chi connectivity index (χ4v) is 3.66. The molecular formula is C17H17F3N2O2S. The number of aromatic nitrogens is 1. The Bertz CT molecular complexity index is 743. The summed E-state index contributed by atoms with van der Waals surface area (Å²) in [5.74, 6) is 0.190. The van der Waals surface area contributed by atoms with Gasteiger partial charge in [-0.25, -0.2) is 4.98 Å². The Morgan fingerprint density at radius 3 is 2.72 bits per heavy atom. The molecular weight excluding hydrogens is 353 g/mol. The quantitative estimate of drug-likeness (QED) is 0.819. The number of alkyl halides is 3. The summed E-state index contributed by atoms with van der Waals surface area (Å²) in [6.45, 7) is 1.93. The van der Waals surface area contributed by atoms with Crippen molar-refractivity contribution in [3.05, 3.63) is 40.9 Å². The van der Waals surface area contributed by atoms with Gasteiger partial charge in [0, 0.05) is 37.1 Å². The Labute approximate surface area is 147 Å². The number of carbonyl (C=O) groups is 1. The first-order valence-corrected chi connectivity index (χ1v) is 8.68. The number of halogens is 3. The van der Waals surface area contributed by atoms with Crippen LogP contribution in [0.15, 0.2) is 29.6 Å². The molecule has 1 saturated heterocycles. The van der Waals surface area contributed by atoms with E-state index in [0.717, 1.165) is 18.6 Å². The van der Waals surface area contributed by atoms with Crippen molar-refractivity contribution in [1.82, 2.24) is 9.88 Å². The Morgan fingerprint density at radius 1 is 1.36 bits per heavy atom. The van der Waals surface area contributed by atoms with Gasteiger partial charge in [-0.1, -0.05) is 12.1 Å². The molecule has 0 unspecified atom stereocenters. The minimum absolute atomic E-state index is 0.145. The molecule has 25 heavy (non-hydrogen) atoms. The first-order valence-electron chi connectivity index (χ1n) is 7.80. The molecule has 134 valence electrons. The van der Waals surface area contributed by atoms with Crippen molar-refractivity contribution in [2.24, 2.45) is 5.92 Å². The van der Waals surface area contributed by atoms with Gasteiger partial charge in [0.15, 0.2) is 0 Å². The SMILES string of the molecule is COC[C@H]1CCN(C(=O)c2csc(-c3ccc(C(F)(F)F)cc3)n2)C1. The lowest BCUT2D eigenvalue weighted by atomic mass is 10.1. The molecule has 3 rings (SSSR count). The maximum atomic E-state index is 12.6. The van der Waals surface area contributed by atoms with Crippen molar-refractivity contribution in [3.63, 3.8) is 0 Å². The van der Waals surface area contributed by atoms with E-state index in [9.17, 15) is 18.0 Å². The number of nitrogens with zero attached hydrogens (tertiary/aromatic N) is 2. The molecule has 2 heterocycles. The number of thiazole rings is 1. The van der Waals surface area contributed by atoms with E-state index in [-0.39, 0.29) is 5.91 Å². The van der Waals surface area contributed by atoms with E-state index in [0.29, 0.717) is 41.9 Å². The van der Waals surface area contributed by atoms with Crippen molar-refractivity contribution in [1.29, 1.82) is 0 Å². The van der Waals surface area contributed by atoms with Crippen molar-refractivity contribution in [3.8, 4) is 10.6 Å². The lowest BCUT2D eigenvalue weighted by molar-refractivity contribution is -0.137. The van der Waals surface area contributed by atoms with Crippen LogP contribution >= 0.6 is 11.3 Å². The molecule has 0 aliphatic carbocycles. The topological polar surface area (TPSA) is 42.4 Å². The van der Waals surface area contributed by atoms with Crippen LogP contribution in [0.5, 0.6) is 0 Å². The third-order valence-electron chi connectivity index (χ3n) is 4.16. The number of carbonyl (C=O) groups excluding carboxylic acids is 1. The highest BCUT2D eigenvalue weighted by atomic mass is 32.1. The van der Waals surface area contributed by atoms with Gasteiger partial charge in [-0.2, -0.15) is 13.2 Å². The molecule has 1 aliphatic rings. The van der Waals surface area contributed by atoms with Gasteiger partial charge >= 0.3 is 6.18 Å². The molecule has 0 bridgehead atoms. The van der Waals surface area contributed by atoms with Crippen LogP contribution in [0, 0.1) is 5.92 Å². The van der Waals surface area contributed by atoms with E-state index in [2.05, 4.69) is 4.98 Å². The average molecular weight is 370 g/mol. The van der Waals surface area contributed by atoms with E-state index in [1.807, 2.05) is 0 Å². The second-order valence-corrected chi connectivity index (χ2v) is 6.83. The molecule has 1 fully saturated rings. The minimum atomic E-state index is -4.36. The van der Waals surface area contributed by atoms with Crippen LogP contribution in [0.4, 0.5) is 13.2 Å². The lowest BCUT2D eigenvalue weighted by Gasteiger charge is -2.14. The average Bonchev–Trinajstić information content (AvgIpc) is 3.23. The molecule has 0 saturated carbocycles. The van der Waals surface area contributed by atoms with E-state index in [1.165, 1.54) is 23.5 Å². The number of hydrogen-bond donors (Lipinski definition) is 0. The number of likely N-dealkylation sites (tertiary alicyclic amines) is 1. The standard InChI is InChI=1S/C17H17F3N2O2S/c1-24-9-11-6-7-22(8-11)16(23)14-10-25-15(21-14)12-2-4-13(5-3-12)17(18,19)20/h2-5,10-11H,6-9H2,1H3/t11-/m0/s1. The summed E-state index contributed by atoms with van der Waals surface area (Å²) in [5, 5.41) is 2.18. The molecule has 1 aromatic heterocycles. The summed E-state index contributed by atoms with van der Waals surface area (Å²) in [6, 6.07) is 4.79. The van der Waals surface area contributed by atoms with Crippen LogP contribution in [0.1, 0.15) is 22.5 Å². The van der Waals surface area contributed by atoms with Crippen molar-refractivity contribution in [2.45, 2.75) is 12.6 Å². The van der Waals surface area contributed by atoms with Crippen molar-refractivity contribution < 1.29 is 22.7 Å². The van der Waals surface area contributed by atoms with E-state index in [4.69, 9.17) is 4.74 Å². The van der Waals surface area contributed by atoms with Crippen molar-refractivity contribution >= 4 is 17.2 Å². The summed E-state index contributed by atoms with van der Waals surface area (Å²) >= 11 is 1.25. The molecule has 0 radical (unpaired) electrons. The zero-order valence-electron chi connectivity index (χ0n) is 13.5. The van der Waals surface area contributed by atoms with Crippen LogP contribution < -0.4 is 0 Å². The number of benzene rings is 1. The number of hydrogen-bond acceptors (Lipinski definition) is 4. The van der Waals surface area contributed by atoms with Crippen molar-refractivity contribution in [2.75, 3.05) is 26.8 Å². The third kappa shape index (κ3) is 4.01. The maximum Gasteiger partial charge on any atom is 0.416 e. The zero-order chi connectivity index (χ0) is 18.0. The molecule has 4 nitrogen and oxygen atoms in total. The van der Waals surface area contributed by atoms with Crippen LogP contribution in [0.25, 0.3) is 10.6 Å². The van der Waals surface area contributed by atoms with E-state index < -0.39 is 11.7 Å². The van der Waals surface area contributed by atoms with Crippen LogP contribution in [-0.2, 0) is 10.9 Å². The molecule has 0 spiro atoms. The number of ether oxygens (including phenoxy) is 1. The van der Waals surface area contributed by atoms with Gasteiger partial charge in [0.1, 0.15) is 10.7 Å². The predicted octanol–water partition coefficient (Wildman–Crippen LogP) is 3.94. The highest BCUT2D eigenvalue weighted by Crippen LogP contribution is 2.32. The van der Waals surface area contributed by atoms with Gasteiger partial charge in [0.2, 0.25) is 0 Å². The normalized spacial score (nSPS) is 17.9. The van der Waals surface area contributed by atoms with Gasteiger partial charge in [0.25, 0.3) is 5.91 Å².